The molecule has 1 heterocycles. The van der Waals surface area contributed by atoms with Gasteiger partial charge in [-0.1, -0.05) is 24.3 Å². The number of alkyl halides is 7. The lowest BCUT2D eigenvalue weighted by atomic mass is 10.1. The minimum absolute atomic E-state index is 0.00248. The quantitative estimate of drug-likeness (QED) is 0.242. The number of piperazine rings is 1. The standard InChI is InChI=1S/C16H17ClF3NO3.C14H13F3N2O2/c1-2-24-14(23)15(7-8-15)21(13(22)9-17)10-11-3-5-12(6-4-11)16(18,19)20;15-14(16,17)10-3-1-9(2-4-10)8-19-11(20)7-18-12(21)13(19)5-6-13/h3-6H,2,7-10H2,1H3;1-4H,5-8H2,(H,18,21). The molecule has 244 valence electrons. The molecule has 15 heteroatoms. The minimum Gasteiger partial charge on any atom is -0.464 e. The van der Waals surface area contributed by atoms with Crippen LogP contribution in [0, 0.1) is 0 Å². The van der Waals surface area contributed by atoms with Crippen LogP contribution in [0.15, 0.2) is 48.5 Å². The lowest BCUT2D eigenvalue weighted by Crippen LogP contribution is -2.59. The second kappa shape index (κ2) is 12.9. The van der Waals surface area contributed by atoms with Crippen LogP contribution in [0.2, 0.25) is 0 Å². The first kappa shape index (κ1) is 34.1. The van der Waals surface area contributed by atoms with Crippen molar-refractivity contribution in [1.82, 2.24) is 15.1 Å². The number of benzene rings is 2. The second-order valence-electron chi connectivity index (χ2n) is 10.9. The molecule has 0 unspecified atom stereocenters. The molecule has 0 radical (unpaired) electrons. The van der Waals surface area contributed by atoms with Gasteiger partial charge in [-0.05, 0) is 68.0 Å². The number of nitrogens with zero attached hydrogens (tertiary/aromatic N) is 2. The molecule has 2 aromatic carbocycles. The third kappa shape index (κ3) is 7.54. The Morgan fingerprint density at radius 1 is 0.889 bits per heavy atom. The van der Waals surface area contributed by atoms with Crippen molar-refractivity contribution in [2.75, 3.05) is 19.0 Å². The predicted octanol–water partition coefficient (Wildman–Crippen LogP) is 5.06. The fraction of sp³-hybridized carbons (Fsp3) is 0.467. The van der Waals surface area contributed by atoms with Crippen LogP contribution in [0.3, 0.4) is 0 Å². The number of hydrogen-bond donors (Lipinski definition) is 1. The summed E-state index contributed by atoms with van der Waals surface area (Å²) in [6.45, 7) is 1.95. The third-order valence-electron chi connectivity index (χ3n) is 7.92. The summed E-state index contributed by atoms with van der Waals surface area (Å²) in [6.07, 6.45) is -6.69. The van der Waals surface area contributed by atoms with Crippen LogP contribution in [-0.4, -0.2) is 63.6 Å². The van der Waals surface area contributed by atoms with Crippen LogP contribution in [0.4, 0.5) is 26.3 Å². The average molecular weight is 662 g/mol. The first-order chi connectivity index (χ1) is 21.1. The van der Waals surface area contributed by atoms with E-state index in [1.54, 1.807) is 6.92 Å². The van der Waals surface area contributed by atoms with Crippen LogP contribution in [0.1, 0.15) is 54.9 Å². The number of carbonyl (C=O) groups excluding carboxylic acids is 4. The smallest absolute Gasteiger partial charge is 0.416 e. The molecule has 0 aromatic heterocycles. The fourth-order valence-electron chi connectivity index (χ4n) is 5.11. The van der Waals surface area contributed by atoms with E-state index in [2.05, 4.69) is 5.32 Å². The number of carbonyl (C=O) groups is 4. The molecule has 1 N–H and O–H groups in total. The van der Waals surface area contributed by atoms with Gasteiger partial charge in [0.15, 0.2) is 0 Å². The minimum atomic E-state index is -4.42. The highest BCUT2D eigenvalue weighted by atomic mass is 35.5. The Labute approximate surface area is 259 Å². The van der Waals surface area contributed by atoms with Crippen molar-refractivity contribution in [3.8, 4) is 0 Å². The molecular weight excluding hydrogens is 632 g/mol. The fourth-order valence-corrected chi connectivity index (χ4v) is 5.26. The topological polar surface area (TPSA) is 96.0 Å². The van der Waals surface area contributed by atoms with Crippen molar-refractivity contribution in [2.24, 2.45) is 0 Å². The Morgan fingerprint density at radius 2 is 1.40 bits per heavy atom. The maximum absolute atomic E-state index is 12.6. The summed E-state index contributed by atoms with van der Waals surface area (Å²) in [4.78, 5) is 50.9. The summed E-state index contributed by atoms with van der Waals surface area (Å²) >= 11 is 5.62. The summed E-state index contributed by atoms with van der Waals surface area (Å²) in [5.74, 6) is -1.65. The number of rotatable bonds is 8. The zero-order valence-corrected chi connectivity index (χ0v) is 24.8. The zero-order valence-electron chi connectivity index (χ0n) is 24.1. The van der Waals surface area contributed by atoms with E-state index in [0.29, 0.717) is 36.8 Å². The Bertz CT molecular complexity index is 1420. The molecule has 2 aromatic rings. The van der Waals surface area contributed by atoms with Crippen LogP contribution in [-0.2, 0) is 49.4 Å². The SMILES string of the molecule is CCOC(=O)C1(N(Cc2ccc(C(F)(F)F)cc2)C(=O)CCl)CC1.O=C1CNC(=O)C2(CC2)N1Cc1ccc(C(F)(F)F)cc1. The molecular formula is C30H30ClF6N3O5. The number of amides is 3. The van der Waals surface area contributed by atoms with Crippen molar-refractivity contribution < 1.29 is 50.3 Å². The first-order valence-corrected chi connectivity index (χ1v) is 14.6. The molecule has 2 aliphatic carbocycles. The molecule has 0 bridgehead atoms. The third-order valence-corrected chi connectivity index (χ3v) is 8.15. The normalized spacial score (nSPS) is 18.0. The van der Waals surface area contributed by atoms with Gasteiger partial charge in [-0.3, -0.25) is 14.4 Å². The van der Waals surface area contributed by atoms with E-state index in [1.165, 1.54) is 34.1 Å². The zero-order chi connectivity index (χ0) is 33.2. The van der Waals surface area contributed by atoms with Gasteiger partial charge >= 0.3 is 18.3 Å². The summed E-state index contributed by atoms with van der Waals surface area (Å²) in [5, 5.41) is 2.55. The number of hydrogen-bond acceptors (Lipinski definition) is 5. The van der Waals surface area contributed by atoms with Crippen molar-refractivity contribution in [1.29, 1.82) is 0 Å². The summed E-state index contributed by atoms with van der Waals surface area (Å²) in [7, 11) is 0. The van der Waals surface area contributed by atoms with E-state index in [-0.39, 0.29) is 43.9 Å². The predicted molar refractivity (Wildman–Crippen MR) is 148 cm³/mol. The van der Waals surface area contributed by atoms with Gasteiger partial charge < -0.3 is 19.9 Å². The largest absolute Gasteiger partial charge is 0.464 e. The van der Waals surface area contributed by atoms with Crippen molar-refractivity contribution >= 4 is 35.3 Å². The van der Waals surface area contributed by atoms with Gasteiger partial charge in [0, 0.05) is 13.1 Å². The summed E-state index contributed by atoms with van der Waals surface area (Å²) in [5.41, 5.74) is -2.26. The first-order valence-electron chi connectivity index (χ1n) is 14.0. The van der Waals surface area contributed by atoms with Gasteiger partial charge in [0.05, 0.1) is 24.3 Å². The molecule has 1 saturated heterocycles. The molecule has 3 amide bonds. The van der Waals surface area contributed by atoms with Crippen molar-refractivity contribution in [3.63, 3.8) is 0 Å². The molecule has 8 nitrogen and oxygen atoms in total. The number of ether oxygens (including phenoxy) is 1. The Morgan fingerprint density at radius 3 is 1.82 bits per heavy atom. The maximum atomic E-state index is 12.6. The van der Waals surface area contributed by atoms with Gasteiger partial charge in [0.2, 0.25) is 17.7 Å². The molecule has 1 aliphatic heterocycles. The van der Waals surface area contributed by atoms with E-state index in [9.17, 15) is 45.5 Å². The Balaban J connectivity index is 0.000000206. The van der Waals surface area contributed by atoms with E-state index < -0.39 is 46.4 Å². The molecule has 1 spiro atoms. The Hall–Kier alpha value is -3.81. The highest BCUT2D eigenvalue weighted by Gasteiger charge is 2.59. The lowest BCUT2D eigenvalue weighted by Gasteiger charge is -2.35. The van der Waals surface area contributed by atoms with Crippen molar-refractivity contribution in [2.45, 2.75) is 69.1 Å². The van der Waals surface area contributed by atoms with Crippen LogP contribution in [0.25, 0.3) is 0 Å². The molecule has 3 aliphatic rings. The highest BCUT2D eigenvalue weighted by molar-refractivity contribution is 6.27. The van der Waals surface area contributed by atoms with Crippen LogP contribution >= 0.6 is 11.6 Å². The summed E-state index contributed by atoms with van der Waals surface area (Å²) in [6, 6.07) is 9.15. The lowest BCUT2D eigenvalue weighted by molar-refractivity contribution is -0.156. The van der Waals surface area contributed by atoms with Gasteiger partial charge in [-0.15, -0.1) is 11.6 Å². The molecule has 5 rings (SSSR count). The number of nitrogens with one attached hydrogen (secondary N) is 1. The van der Waals surface area contributed by atoms with E-state index in [0.717, 1.165) is 24.3 Å². The van der Waals surface area contributed by atoms with E-state index in [1.807, 2.05) is 0 Å². The number of halogens is 7. The molecule has 45 heavy (non-hydrogen) atoms. The monoisotopic (exact) mass is 661 g/mol. The van der Waals surface area contributed by atoms with Gasteiger partial charge in [-0.2, -0.15) is 26.3 Å². The summed E-state index contributed by atoms with van der Waals surface area (Å²) < 4.78 is 80.4. The van der Waals surface area contributed by atoms with Crippen LogP contribution < -0.4 is 5.32 Å². The average Bonchev–Trinajstić information content (AvgIpc) is 3.92. The van der Waals surface area contributed by atoms with E-state index in [4.69, 9.17) is 16.3 Å². The van der Waals surface area contributed by atoms with Crippen molar-refractivity contribution in [3.05, 3.63) is 70.8 Å². The molecule has 2 saturated carbocycles. The van der Waals surface area contributed by atoms with E-state index >= 15 is 0 Å². The van der Waals surface area contributed by atoms with Gasteiger partial charge in [0.25, 0.3) is 0 Å². The molecule has 0 atom stereocenters. The van der Waals surface area contributed by atoms with Gasteiger partial charge in [0.1, 0.15) is 17.0 Å². The Kier molecular flexibility index (Phi) is 9.76. The number of esters is 1. The highest BCUT2D eigenvalue weighted by Crippen LogP contribution is 2.45. The molecule has 3 fully saturated rings. The maximum Gasteiger partial charge on any atom is 0.416 e. The second-order valence-corrected chi connectivity index (χ2v) is 11.2. The van der Waals surface area contributed by atoms with Gasteiger partial charge in [-0.25, -0.2) is 4.79 Å². The van der Waals surface area contributed by atoms with Crippen LogP contribution in [0.5, 0.6) is 0 Å².